The number of rotatable bonds is 3. The molecule has 0 spiro atoms. The molecule has 0 atom stereocenters. The van der Waals surface area contributed by atoms with E-state index >= 15 is 0 Å². The minimum atomic E-state index is -0.111. The van der Waals surface area contributed by atoms with Gasteiger partial charge < -0.3 is 10.4 Å². The summed E-state index contributed by atoms with van der Waals surface area (Å²) in [6.45, 7) is 0.865. The average Bonchev–Trinajstić information content (AvgIpc) is 2.46. The van der Waals surface area contributed by atoms with E-state index in [0.29, 0.717) is 5.92 Å². The lowest BCUT2D eigenvalue weighted by Gasteiger charge is -2.25. The van der Waals surface area contributed by atoms with Gasteiger partial charge in [0.1, 0.15) is 5.82 Å². The van der Waals surface area contributed by atoms with E-state index in [1.54, 1.807) is 0 Å². The van der Waals surface area contributed by atoms with E-state index in [-0.39, 0.29) is 11.4 Å². The van der Waals surface area contributed by atoms with Gasteiger partial charge in [-0.1, -0.05) is 12.1 Å². The van der Waals surface area contributed by atoms with Gasteiger partial charge in [-0.15, -0.1) is 0 Å². The molecule has 0 aliphatic heterocycles. The van der Waals surface area contributed by atoms with E-state index in [4.69, 9.17) is 11.6 Å². The Morgan fingerprint density at radius 2 is 1.90 bits per heavy atom. The summed E-state index contributed by atoms with van der Waals surface area (Å²) in [5.74, 6) is 1.39. The fraction of sp³-hybridized carbons (Fsp3) is 0.467. The zero-order valence-corrected chi connectivity index (χ0v) is 12.0. The number of aromatic nitrogens is 2. The van der Waals surface area contributed by atoms with Crippen LogP contribution in [0.5, 0.6) is 0 Å². The molecule has 1 aliphatic carbocycles. The second-order valence-corrected chi connectivity index (χ2v) is 5.75. The summed E-state index contributed by atoms with van der Waals surface area (Å²) in [4.78, 5) is 8.52. The van der Waals surface area contributed by atoms with Crippen molar-refractivity contribution in [2.24, 2.45) is 5.92 Å². The summed E-state index contributed by atoms with van der Waals surface area (Å²) in [5.41, 5.74) is 0.856. The van der Waals surface area contributed by atoms with Gasteiger partial charge in [-0.05, 0) is 55.3 Å². The highest BCUT2D eigenvalue weighted by Gasteiger charge is 2.19. The molecule has 20 heavy (non-hydrogen) atoms. The third kappa shape index (κ3) is 3.02. The number of para-hydroxylation sites is 1. The highest BCUT2D eigenvalue weighted by molar-refractivity contribution is 6.28. The fourth-order valence-electron chi connectivity index (χ4n) is 2.77. The largest absolute Gasteiger partial charge is 0.393 e. The Bertz CT molecular complexity index is 597. The van der Waals surface area contributed by atoms with Crippen LogP contribution in [0.1, 0.15) is 25.7 Å². The highest BCUT2D eigenvalue weighted by atomic mass is 35.5. The fourth-order valence-corrected chi connectivity index (χ4v) is 2.95. The number of aliphatic hydroxyl groups is 1. The van der Waals surface area contributed by atoms with Crippen molar-refractivity contribution in [3.8, 4) is 0 Å². The van der Waals surface area contributed by atoms with E-state index in [9.17, 15) is 5.11 Å². The Hall–Kier alpha value is -1.39. The number of nitrogens with zero attached hydrogens (tertiary/aromatic N) is 2. The average molecular weight is 292 g/mol. The lowest BCUT2D eigenvalue weighted by atomic mass is 9.87. The van der Waals surface area contributed by atoms with Crippen LogP contribution in [0.4, 0.5) is 5.82 Å². The van der Waals surface area contributed by atoms with Crippen molar-refractivity contribution in [2.45, 2.75) is 31.8 Å². The molecule has 0 amide bonds. The van der Waals surface area contributed by atoms with Crippen LogP contribution in [-0.2, 0) is 0 Å². The minimum Gasteiger partial charge on any atom is -0.393 e. The molecule has 0 bridgehead atoms. The lowest BCUT2D eigenvalue weighted by Crippen LogP contribution is -2.23. The molecular weight excluding hydrogens is 274 g/mol. The van der Waals surface area contributed by atoms with Crippen LogP contribution >= 0.6 is 11.6 Å². The molecular formula is C15H18ClN3O. The van der Waals surface area contributed by atoms with Crippen LogP contribution in [0.2, 0.25) is 5.28 Å². The number of hydrogen-bond acceptors (Lipinski definition) is 4. The summed E-state index contributed by atoms with van der Waals surface area (Å²) in [5, 5.41) is 14.2. The number of halogens is 1. The molecule has 106 valence electrons. The maximum absolute atomic E-state index is 9.53. The van der Waals surface area contributed by atoms with Crippen molar-refractivity contribution >= 4 is 28.3 Å². The Balaban J connectivity index is 1.74. The quantitative estimate of drug-likeness (QED) is 0.852. The van der Waals surface area contributed by atoms with Gasteiger partial charge in [-0.3, -0.25) is 0 Å². The van der Waals surface area contributed by atoms with Crippen LogP contribution < -0.4 is 5.32 Å². The third-order valence-corrected chi connectivity index (χ3v) is 4.12. The van der Waals surface area contributed by atoms with Crippen molar-refractivity contribution in [1.29, 1.82) is 0 Å². The lowest BCUT2D eigenvalue weighted by molar-refractivity contribution is 0.111. The second kappa shape index (κ2) is 5.94. The Morgan fingerprint density at radius 1 is 1.15 bits per heavy atom. The predicted octanol–water partition coefficient (Wildman–Crippen LogP) is 3.25. The molecule has 1 aromatic heterocycles. The van der Waals surface area contributed by atoms with Gasteiger partial charge in [0, 0.05) is 11.9 Å². The molecule has 2 aromatic rings. The summed E-state index contributed by atoms with van der Waals surface area (Å²) < 4.78 is 0. The topological polar surface area (TPSA) is 58.0 Å². The van der Waals surface area contributed by atoms with Gasteiger partial charge in [0.05, 0.1) is 11.6 Å². The molecule has 0 radical (unpaired) electrons. The number of nitrogens with one attached hydrogen (secondary N) is 1. The third-order valence-electron chi connectivity index (χ3n) is 3.95. The van der Waals surface area contributed by atoms with Crippen molar-refractivity contribution in [3.63, 3.8) is 0 Å². The number of benzene rings is 1. The smallest absolute Gasteiger partial charge is 0.224 e. The SMILES string of the molecule is OC1CCC(CNc2nc(Cl)nc3ccccc23)CC1. The summed E-state index contributed by atoms with van der Waals surface area (Å²) in [6, 6.07) is 7.85. The maximum Gasteiger partial charge on any atom is 0.224 e. The van der Waals surface area contributed by atoms with Crippen molar-refractivity contribution in [1.82, 2.24) is 9.97 Å². The normalized spacial score (nSPS) is 22.9. The maximum atomic E-state index is 9.53. The molecule has 1 heterocycles. The van der Waals surface area contributed by atoms with Gasteiger partial charge in [0.15, 0.2) is 0 Å². The Morgan fingerprint density at radius 3 is 2.70 bits per heavy atom. The van der Waals surface area contributed by atoms with Crippen molar-refractivity contribution in [2.75, 3.05) is 11.9 Å². The van der Waals surface area contributed by atoms with E-state index in [1.807, 2.05) is 24.3 Å². The van der Waals surface area contributed by atoms with Crippen LogP contribution in [-0.4, -0.2) is 27.7 Å². The highest BCUT2D eigenvalue weighted by Crippen LogP contribution is 2.26. The molecule has 0 saturated heterocycles. The van der Waals surface area contributed by atoms with Crippen LogP contribution in [0, 0.1) is 5.92 Å². The summed E-state index contributed by atoms with van der Waals surface area (Å²) >= 11 is 5.97. The first kappa shape index (κ1) is 13.6. The first-order valence-electron chi connectivity index (χ1n) is 7.06. The molecule has 5 heteroatoms. The second-order valence-electron chi connectivity index (χ2n) is 5.41. The molecule has 1 aromatic carbocycles. The molecule has 4 nitrogen and oxygen atoms in total. The van der Waals surface area contributed by atoms with Gasteiger partial charge >= 0.3 is 0 Å². The standard InChI is InChI=1S/C15H18ClN3O/c16-15-18-13-4-2-1-3-12(13)14(19-15)17-9-10-5-7-11(20)8-6-10/h1-4,10-11,20H,5-9H2,(H,17,18,19). The van der Waals surface area contributed by atoms with Crippen molar-refractivity contribution < 1.29 is 5.11 Å². The number of hydrogen-bond donors (Lipinski definition) is 2. The molecule has 2 N–H and O–H groups in total. The van der Waals surface area contributed by atoms with E-state index in [1.165, 1.54) is 0 Å². The number of anilines is 1. The van der Waals surface area contributed by atoms with Gasteiger partial charge in [-0.25, -0.2) is 9.97 Å². The van der Waals surface area contributed by atoms with Crippen LogP contribution in [0.3, 0.4) is 0 Å². The monoisotopic (exact) mass is 291 g/mol. The van der Waals surface area contributed by atoms with Gasteiger partial charge in [-0.2, -0.15) is 0 Å². The van der Waals surface area contributed by atoms with Gasteiger partial charge in [0.2, 0.25) is 5.28 Å². The summed E-state index contributed by atoms with van der Waals surface area (Å²) in [7, 11) is 0. The van der Waals surface area contributed by atoms with Crippen LogP contribution in [0.15, 0.2) is 24.3 Å². The zero-order valence-electron chi connectivity index (χ0n) is 11.2. The van der Waals surface area contributed by atoms with E-state index in [0.717, 1.165) is 48.9 Å². The first-order valence-corrected chi connectivity index (χ1v) is 7.44. The summed E-state index contributed by atoms with van der Waals surface area (Å²) in [6.07, 6.45) is 3.81. The van der Waals surface area contributed by atoms with E-state index < -0.39 is 0 Å². The molecule has 0 unspecified atom stereocenters. The number of fused-ring (bicyclic) bond motifs is 1. The molecule has 1 saturated carbocycles. The zero-order chi connectivity index (χ0) is 13.9. The Labute approximate surface area is 123 Å². The molecule has 1 aliphatic rings. The minimum absolute atomic E-state index is 0.111. The Kier molecular flexibility index (Phi) is 4.03. The predicted molar refractivity (Wildman–Crippen MR) is 81.0 cm³/mol. The number of aliphatic hydroxyl groups excluding tert-OH is 1. The van der Waals surface area contributed by atoms with Gasteiger partial charge in [0.25, 0.3) is 0 Å². The van der Waals surface area contributed by atoms with Crippen LogP contribution in [0.25, 0.3) is 10.9 Å². The molecule has 3 rings (SSSR count). The van der Waals surface area contributed by atoms with Crippen molar-refractivity contribution in [3.05, 3.63) is 29.5 Å². The first-order chi connectivity index (χ1) is 9.72. The van der Waals surface area contributed by atoms with E-state index in [2.05, 4.69) is 15.3 Å². The molecule has 1 fully saturated rings.